The minimum atomic E-state index is 0.467. The van der Waals surface area contributed by atoms with Gasteiger partial charge in [0.05, 0.1) is 5.69 Å². The molecule has 0 aliphatic rings. The zero-order chi connectivity index (χ0) is 14.7. The smallest absolute Gasteiger partial charge is 0.182 e. The molecule has 0 radical (unpaired) electrons. The molecule has 3 rings (SSSR count). The van der Waals surface area contributed by atoms with Crippen molar-refractivity contribution in [1.82, 2.24) is 4.98 Å². The van der Waals surface area contributed by atoms with Crippen molar-refractivity contribution in [2.24, 2.45) is 10.2 Å². The van der Waals surface area contributed by atoms with Gasteiger partial charge in [0.2, 0.25) is 0 Å². The van der Waals surface area contributed by atoms with Crippen molar-refractivity contribution in [3.05, 3.63) is 59.6 Å². The van der Waals surface area contributed by atoms with Gasteiger partial charge in [0.15, 0.2) is 10.1 Å². The van der Waals surface area contributed by atoms with Crippen LogP contribution in [0.4, 0.5) is 15.8 Å². The van der Waals surface area contributed by atoms with Crippen molar-refractivity contribution >= 4 is 38.8 Å². The van der Waals surface area contributed by atoms with E-state index in [0.717, 1.165) is 11.3 Å². The van der Waals surface area contributed by atoms with Gasteiger partial charge in [-0.1, -0.05) is 59.3 Å². The summed E-state index contributed by atoms with van der Waals surface area (Å²) >= 11 is 7.23. The Bertz CT molecular complexity index is 783. The molecule has 0 fully saturated rings. The number of nitrogen functional groups attached to an aromatic ring is 1. The molecule has 104 valence electrons. The van der Waals surface area contributed by atoms with Crippen LogP contribution in [0.1, 0.15) is 0 Å². The van der Waals surface area contributed by atoms with E-state index in [1.165, 1.54) is 11.3 Å². The molecule has 2 N–H and O–H groups in total. The van der Waals surface area contributed by atoms with E-state index in [2.05, 4.69) is 15.2 Å². The van der Waals surface area contributed by atoms with Crippen LogP contribution in [0.25, 0.3) is 11.3 Å². The second kappa shape index (κ2) is 6.03. The number of thiazole rings is 1. The van der Waals surface area contributed by atoms with Crippen LogP contribution in [0.5, 0.6) is 0 Å². The first kappa shape index (κ1) is 13.7. The zero-order valence-electron chi connectivity index (χ0n) is 10.9. The van der Waals surface area contributed by atoms with Crippen molar-refractivity contribution in [2.45, 2.75) is 0 Å². The fourth-order valence-electron chi connectivity index (χ4n) is 1.82. The number of rotatable bonds is 3. The van der Waals surface area contributed by atoms with Crippen molar-refractivity contribution < 1.29 is 0 Å². The molecule has 0 unspecified atom stereocenters. The summed E-state index contributed by atoms with van der Waals surface area (Å²) in [6.07, 6.45) is 0. The fraction of sp³-hybridized carbons (Fsp3) is 0. The van der Waals surface area contributed by atoms with Crippen molar-refractivity contribution in [1.29, 1.82) is 0 Å². The van der Waals surface area contributed by atoms with Crippen LogP contribution in [0.15, 0.2) is 64.8 Å². The third-order valence-corrected chi connectivity index (χ3v) is 3.74. The van der Waals surface area contributed by atoms with E-state index in [4.69, 9.17) is 17.3 Å². The molecule has 1 aromatic heterocycles. The highest BCUT2D eigenvalue weighted by atomic mass is 35.5. The van der Waals surface area contributed by atoms with E-state index < -0.39 is 0 Å². The number of azo groups is 1. The Morgan fingerprint density at radius 1 is 1.00 bits per heavy atom. The van der Waals surface area contributed by atoms with Crippen LogP contribution in [0.2, 0.25) is 5.02 Å². The molecule has 3 aromatic rings. The second-order valence-corrected chi connectivity index (χ2v) is 5.70. The van der Waals surface area contributed by atoms with Crippen LogP contribution in [0.3, 0.4) is 0 Å². The number of hydrogen-bond acceptors (Lipinski definition) is 5. The van der Waals surface area contributed by atoms with Crippen LogP contribution < -0.4 is 5.73 Å². The maximum Gasteiger partial charge on any atom is 0.182 e. The van der Waals surface area contributed by atoms with Crippen LogP contribution in [-0.4, -0.2) is 4.98 Å². The molecule has 0 aliphatic heterocycles. The highest BCUT2D eigenvalue weighted by Crippen LogP contribution is 2.37. The van der Waals surface area contributed by atoms with Gasteiger partial charge in [-0.25, -0.2) is 4.98 Å². The SMILES string of the molecule is Nc1nc(-c2ccccc2)c(N=Nc2cccc(Cl)c2)s1. The summed E-state index contributed by atoms with van der Waals surface area (Å²) in [6, 6.07) is 17.0. The lowest BCUT2D eigenvalue weighted by Gasteiger charge is -1.97. The first-order valence-corrected chi connectivity index (χ1v) is 7.41. The van der Waals surface area contributed by atoms with Gasteiger partial charge < -0.3 is 5.73 Å². The van der Waals surface area contributed by atoms with Gasteiger partial charge in [-0.05, 0) is 18.2 Å². The van der Waals surface area contributed by atoms with E-state index in [1.54, 1.807) is 12.1 Å². The molecule has 21 heavy (non-hydrogen) atoms. The maximum atomic E-state index is 5.93. The van der Waals surface area contributed by atoms with E-state index in [-0.39, 0.29) is 0 Å². The summed E-state index contributed by atoms with van der Waals surface area (Å²) in [5.74, 6) is 0. The highest BCUT2D eigenvalue weighted by Gasteiger charge is 2.11. The Labute approximate surface area is 130 Å². The predicted molar refractivity (Wildman–Crippen MR) is 87.6 cm³/mol. The summed E-state index contributed by atoms with van der Waals surface area (Å²) < 4.78 is 0. The molecule has 1 heterocycles. The molecular weight excluding hydrogens is 304 g/mol. The molecular formula is C15H11ClN4S. The van der Waals surface area contributed by atoms with Gasteiger partial charge in [0.1, 0.15) is 5.69 Å². The van der Waals surface area contributed by atoms with Crippen molar-refractivity contribution in [3.63, 3.8) is 0 Å². The molecule has 2 aromatic carbocycles. The summed E-state index contributed by atoms with van der Waals surface area (Å²) in [4.78, 5) is 4.33. The maximum absolute atomic E-state index is 5.93. The molecule has 4 nitrogen and oxygen atoms in total. The van der Waals surface area contributed by atoms with Gasteiger partial charge in [-0.15, -0.1) is 10.2 Å². The second-order valence-electron chi connectivity index (χ2n) is 4.25. The van der Waals surface area contributed by atoms with Gasteiger partial charge >= 0.3 is 0 Å². The average Bonchev–Trinajstić information content (AvgIpc) is 2.87. The topological polar surface area (TPSA) is 63.6 Å². The van der Waals surface area contributed by atoms with E-state index in [0.29, 0.717) is 20.8 Å². The molecule has 0 atom stereocenters. The first-order chi connectivity index (χ1) is 10.2. The van der Waals surface area contributed by atoms with Gasteiger partial charge in [0, 0.05) is 10.6 Å². The monoisotopic (exact) mass is 314 g/mol. The largest absolute Gasteiger partial charge is 0.375 e. The standard InChI is InChI=1S/C15H11ClN4S/c16-11-7-4-8-12(9-11)19-20-14-13(18-15(17)21-14)10-5-2-1-3-6-10/h1-9H,(H2,17,18). The van der Waals surface area contributed by atoms with Crippen molar-refractivity contribution in [3.8, 4) is 11.3 Å². The molecule has 0 saturated heterocycles. The number of benzene rings is 2. The number of nitrogens with zero attached hydrogens (tertiary/aromatic N) is 3. The number of halogens is 1. The molecule has 0 spiro atoms. The van der Waals surface area contributed by atoms with Crippen LogP contribution in [0, 0.1) is 0 Å². The van der Waals surface area contributed by atoms with Gasteiger partial charge in [-0.2, -0.15) is 0 Å². The Morgan fingerprint density at radius 2 is 1.81 bits per heavy atom. The normalized spacial score (nSPS) is 11.1. The summed E-state index contributed by atoms with van der Waals surface area (Å²) in [5.41, 5.74) is 8.19. The predicted octanol–water partition coefficient (Wildman–Crippen LogP) is 5.46. The van der Waals surface area contributed by atoms with Gasteiger partial charge in [0.25, 0.3) is 0 Å². The number of hydrogen-bond donors (Lipinski definition) is 1. The van der Waals surface area contributed by atoms with Gasteiger partial charge in [-0.3, -0.25) is 0 Å². The minimum absolute atomic E-state index is 0.467. The number of nitrogens with two attached hydrogens (primary N) is 1. The molecule has 0 aliphatic carbocycles. The molecule has 0 saturated carbocycles. The summed E-state index contributed by atoms with van der Waals surface area (Å²) in [7, 11) is 0. The average molecular weight is 315 g/mol. The third kappa shape index (κ3) is 3.26. The first-order valence-electron chi connectivity index (χ1n) is 6.21. The summed E-state index contributed by atoms with van der Waals surface area (Å²) in [6.45, 7) is 0. The van der Waals surface area contributed by atoms with Crippen LogP contribution >= 0.6 is 22.9 Å². The minimum Gasteiger partial charge on any atom is -0.375 e. The third-order valence-electron chi connectivity index (χ3n) is 2.74. The van der Waals surface area contributed by atoms with E-state index in [9.17, 15) is 0 Å². The zero-order valence-corrected chi connectivity index (χ0v) is 12.5. The lowest BCUT2D eigenvalue weighted by Crippen LogP contribution is -1.82. The lowest BCUT2D eigenvalue weighted by atomic mass is 10.2. The quantitative estimate of drug-likeness (QED) is 0.652. The summed E-state index contributed by atoms with van der Waals surface area (Å²) in [5, 5.41) is 10.2. The Kier molecular flexibility index (Phi) is 3.94. The number of anilines is 1. The number of aromatic nitrogens is 1. The fourth-order valence-corrected chi connectivity index (χ4v) is 2.68. The molecule has 6 heteroatoms. The Morgan fingerprint density at radius 3 is 2.57 bits per heavy atom. The molecule has 0 bridgehead atoms. The van der Waals surface area contributed by atoms with E-state index >= 15 is 0 Å². The van der Waals surface area contributed by atoms with E-state index in [1.807, 2.05) is 42.5 Å². The van der Waals surface area contributed by atoms with Crippen molar-refractivity contribution in [2.75, 3.05) is 5.73 Å². The lowest BCUT2D eigenvalue weighted by molar-refractivity contribution is 1.24. The Balaban J connectivity index is 1.96. The Hall–Kier alpha value is -2.24. The van der Waals surface area contributed by atoms with Crippen LogP contribution in [-0.2, 0) is 0 Å². The highest BCUT2D eigenvalue weighted by molar-refractivity contribution is 7.19. The molecule has 0 amide bonds.